The Hall–Kier alpha value is -0.540. The van der Waals surface area contributed by atoms with Crippen LogP contribution in [0.4, 0.5) is 0 Å². The highest BCUT2D eigenvalue weighted by molar-refractivity contribution is 7.99. The van der Waals surface area contributed by atoms with Crippen LogP contribution in [0.2, 0.25) is 0 Å². The second kappa shape index (κ2) is 5.69. The summed E-state index contributed by atoms with van der Waals surface area (Å²) < 4.78 is 0. The Kier molecular flexibility index (Phi) is 4.24. The number of thioether (sulfide) groups is 1. The standard InChI is InChI=1S/C13H20N2S/c1-10-5-6-14-8-13(10)11(2)15-12-4-3-7-16-9-12/h5-6,8,11-12,15H,3-4,7,9H2,1-2H3. The molecular weight excluding hydrogens is 216 g/mol. The van der Waals surface area contributed by atoms with Crippen LogP contribution in [-0.2, 0) is 0 Å². The first-order chi connectivity index (χ1) is 7.77. The number of pyridine rings is 1. The number of rotatable bonds is 3. The Morgan fingerprint density at radius 2 is 2.44 bits per heavy atom. The first kappa shape index (κ1) is 11.9. The highest BCUT2D eigenvalue weighted by Crippen LogP contribution is 2.21. The number of nitrogens with zero attached hydrogens (tertiary/aromatic N) is 1. The van der Waals surface area contributed by atoms with Crippen molar-refractivity contribution < 1.29 is 0 Å². The number of aryl methyl sites for hydroxylation is 1. The van der Waals surface area contributed by atoms with Gasteiger partial charge in [0.2, 0.25) is 0 Å². The van der Waals surface area contributed by atoms with Crippen molar-refractivity contribution in [3.05, 3.63) is 29.6 Å². The van der Waals surface area contributed by atoms with E-state index in [0.717, 1.165) is 0 Å². The number of hydrogen-bond donors (Lipinski definition) is 1. The third-order valence-corrected chi connectivity index (χ3v) is 4.41. The maximum absolute atomic E-state index is 4.21. The van der Waals surface area contributed by atoms with Crippen LogP contribution >= 0.6 is 11.8 Å². The van der Waals surface area contributed by atoms with Gasteiger partial charge in [0.1, 0.15) is 0 Å². The fourth-order valence-corrected chi connectivity index (χ4v) is 3.33. The molecule has 0 saturated carbocycles. The van der Waals surface area contributed by atoms with Crippen LogP contribution in [0.3, 0.4) is 0 Å². The lowest BCUT2D eigenvalue weighted by Crippen LogP contribution is -2.35. The summed E-state index contributed by atoms with van der Waals surface area (Å²) in [6.07, 6.45) is 6.52. The van der Waals surface area contributed by atoms with Crippen molar-refractivity contribution in [3.63, 3.8) is 0 Å². The van der Waals surface area contributed by atoms with Gasteiger partial charge in [0.05, 0.1) is 0 Å². The van der Waals surface area contributed by atoms with Crippen LogP contribution < -0.4 is 5.32 Å². The highest BCUT2D eigenvalue weighted by Gasteiger charge is 2.17. The number of hydrogen-bond acceptors (Lipinski definition) is 3. The SMILES string of the molecule is Cc1ccncc1C(C)NC1CCCSC1. The fraction of sp³-hybridized carbons (Fsp3) is 0.615. The summed E-state index contributed by atoms with van der Waals surface area (Å²) in [6, 6.07) is 3.18. The average molecular weight is 236 g/mol. The van der Waals surface area contributed by atoms with E-state index in [2.05, 4.69) is 42.0 Å². The van der Waals surface area contributed by atoms with Crippen molar-refractivity contribution in [2.24, 2.45) is 0 Å². The van der Waals surface area contributed by atoms with Gasteiger partial charge in [0.15, 0.2) is 0 Å². The molecule has 88 valence electrons. The van der Waals surface area contributed by atoms with Crippen molar-refractivity contribution in [2.45, 2.75) is 38.8 Å². The summed E-state index contributed by atoms with van der Waals surface area (Å²) in [5.41, 5.74) is 2.66. The molecule has 3 heteroatoms. The topological polar surface area (TPSA) is 24.9 Å². The van der Waals surface area contributed by atoms with Gasteiger partial charge in [0.25, 0.3) is 0 Å². The lowest BCUT2D eigenvalue weighted by atomic mass is 10.0. The normalized spacial score (nSPS) is 23.0. The molecule has 1 aliphatic rings. The molecule has 0 radical (unpaired) electrons. The van der Waals surface area contributed by atoms with Gasteiger partial charge in [-0.3, -0.25) is 4.98 Å². The summed E-state index contributed by atoms with van der Waals surface area (Å²) >= 11 is 2.07. The summed E-state index contributed by atoms with van der Waals surface area (Å²) in [5, 5.41) is 3.72. The van der Waals surface area contributed by atoms with Gasteiger partial charge >= 0.3 is 0 Å². The molecule has 16 heavy (non-hydrogen) atoms. The van der Waals surface area contributed by atoms with Gasteiger partial charge in [-0.05, 0) is 49.6 Å². The third kappa shape index (κ3) is 2.98. The summed E-state index contributed by atoms with van der Waals surface area (Å²) in [6.45, 7) is 4.40. The van der Waals surface area contributed by atoms with E-state index in [1.807, 2.05) is 12.4 Å². The second-order valence-corrected chi connectivity index (χ2v) is 5.68. The molecule has 1 aliphatic heterocycles. The molecule has 0 aromatic carbocycles. The minimum atomic E-state index is 0.414. The summed E-state index contributed by atoms with van der Waals surface area (Å²) in [4.78, 5) is 4.21. The van der Waals surface area contributed by atoms with E-state index in [0.29, 0.717) is 12.1 Å². The zero-order chi connectivity index (χ0) is 11.4. The average Bonchev–Trinajstić information content (AvgIpc) is 2.31. The molecule has 0 bridgehead atoms. The molecule has 2 unspecified atom stereocenters. The number of aromatic nitrogens is 1. The molecule has 2 nitrogen and oxygen atoms in total. The molecule has 1 aromatic heterocycles. The van der Waals surface area contributed by atoms with E-state index < -0.39 is 0 Å². The van der Waals surface area contributed by atoms with Crippen molar-refractivity contribution in [1.29, 1.82) is 0 Å². The quantitative estimate of drug-likeness (QED) is 0.873. The van der Waals surface area contributed by atoms with Gasteiger partial charge < -0.3 is 5.32 Å². The van der Waals surface area contributed by atoms with Crippen molar-refractivity contribution in [2.75, 3.05) is 11.5 Å². The first-order valence-electron chi connectivity index (χ1n) is 6.01. The molecule has 0 spiro atoms. The molecular formula is C13H20N2S. The maximum atomic E-state index is 4.21. The smallest absolute Gasteiger partial charge is 0.0318 e. The lowest BCUT2D eigenvalue weighted by Gasteiger charge is -2.27. The monoisotopic (exact) mass is 236 g/mol. The lowest BCUT2D eigenvalue weighted by molar-refractivity contribution is 0.451. The molecule has 0 amide bonds. The Labute approximate surface area is 102 Å². The van der Waals surface area contributed by atoms with Crippen LogP contribution in [0.1, 0.15) is 36.9 Å². The van der Waals surface area contributed by atoms with Crippen molar-refractivity contribution in [3.8, 4) is 0 Å². The largest absolute Gasteiger partial charge is 0.307 e. The Balaban J connectivity index is 1.96. The summed E-state index contributed by atoms with van der Waals surface area (Å²) in [5.74, 6) is 2.59. The van der Waals surface area contributed by atoms with Gasteiger partial charge in [-0.2, -0.15) is 11.8 Å². The van der Waals surface area contributed by atoms with Gasteiger partial charge in [-0.15, -0.1) is 0 Å². The van der Waals surface area contributed by atoms with Crippen LogP contribution in [0.25, 0.3) is 0 Å². The Morgan fingerprint density at radius 3 is 3.12 bits per heavy atom. The van der Waals surface area contributed by atoms with E-state index in [1.165, 1.54) is 35.5 Å². The van der Waals surface area contributed by atoms with Gasteiger partial charge in [-0.25, -0.2) is 0 Å². The van der Waals surface area contributed by atoms with Crippen LogP contribution in [0, 0.1) is 6.92 Å². The zero-order valence-corrected chi connectivity index (χ0v) is 10.9. The predicted molar refractivity (Wildman–Crippen MR) is 70.9 cm³/mol. The molecule has 1 fully saturated rings. The van der Waals surface area contributed by atoms with E-state index in [4.69, 9.17) is 0 Å². The molecule has 1 aromatic rings. The molecule has 1 N–H and O–H groups in total. The van der Waals surface area contributed by atoms with Crippen LogP contribution in [0.5, 0.6) is 0 Å². The second-order valence-electron chi connectivity index (χ2n) is 4.53. The fourth-order valence-electron chi connectivity index (χ4n) is 2.25. The third-order valence-electron chi connectivity index (χ3n) is 3.19. The molecule has 2 rings (SSSR count). The Morgan fingerprint density at radius 1 is 1.56 bits per heavy atom. The minimum Gasteiger partial charge on any atom is -0.307 e. The molecule has 2 heterocycles. The van der Waals surface area contributed by atoms with Gasteiger partial charge in [-0.1, -0.05) is 0 Å². The van der Waals surface area contributed by atoms with E-state index in [-0.39, 0.29) is 0 Å². The van der Waals surface area contributed by atoms with Crippen molar-refractivity contribution in [1.82, 2.24) is 10.3 Å². The van der Waals surface area contributed by atoms with Gasteiger partial charge in [0, 0.05) is 30.2 Å². The van der Waals surface area contributed by atoms with Crippen LogP contribution in [-0.4, -0.2) is 22.5 Å². The molecule has 1 saturated heterocycles. The minimum absolute atomic E-state index is 0.414. The first-order valence-corrected chi connectivity index (χ1v) is 7.17. The maximum Gasteiger partial charge on any atom is 0.0318 e. The molecule has 2 atom stereocenters. The van der Waals surface area contributed by atoms with Crippen LogP contribution in [0.15, 0.2) is 18.5 Å². The zero-order valence-electron chi connectivity index (χ0n) is 10.1. The van der Waals surface area contributed by atoms with Crippen molar-refractivity contribution >= 4 is 11.8 Å². The number of nitrogens with one attached hydrogen (secondary N) is 1. The summed E-state index contributed by atoms with van der Waals surface area (Å²) in [7, 11) is 0. The predicted octanol–water partition coefficient (Wildman–Crippen LogP) is 2.94. The van der Waals surface area contributed by atoms with E-state index >= 15 is 0 Å². The molecule has 0 aliphatic carbocycles. The van der Waals surface area contributed by atoms with E-state index in [9.17, 15) is 0 Å². The van der Waals surface area contributed by atoms with E-state index in [1.54, 1.807) is 0 Å². The Bertz CT molecular complexity index is 334. The highest BCUT2D eigenvalue weighted by atomic mass is 32.2.